The van der Waals surface area contributed by atoms with Gasteiger partial charge in [0.1, 0.15) is 11.6 Å². The van der Waals surface area contributed by atoms with Gasteiger partial charge in [-0.1, -0.05) is 116 Å². The summed E-state index contributed by atoms with van der Waals surface area (Å²) in [5.41, 5.74) is 6.88. The molecule has 0 N–H and O–H groups in total. The molecule has 0 radical (unpaired) electrons. The monoisotopic (exact) mass is 682 g/mol. The highest BCUT2D eigenvalue weighted by molar-refractivity contribution is 6.29. The number of benzene rings is 6. The minimum atomic E-state index is -0.132. The first-order valence-corrected chi connectivity index (χ1v) is 18.4. The molecule has 0 spiro atoms. The maximum atomic E-state index is 4.98. The Balaban J connectivity index is 1.28. The average Bonchev–Trinajstić information content (AvgIpc) is 3.19. The van der Waals surface area contributed by atoms with E-state index in [1.807, 2.05) is 24.5 Å². The molecule has 2 aliphatic carbocycles. The van der Waals surface area contributed by atoms with Crippen molar-refractivity contribution in [1.29, 1.82) is 0 Å². The van der Waals surface area contributed by atoms with Crippen LogP contribution in [0.1, 0.15) is 18.1 Å². The third-order valence-corrected chi connectivity index (χ3v) is 11.4. The van der Waals surface area contributed by atoms with Crippen LogP contribution in [0.4, 0.5) is 28.7 Å². The predicted octanol–water partition coefficient (Wildman–Crippen LogP) is 13.0. The van der Waals surface area contributed by atoms with Gasteiger partial charge in [0.15, 0.2) is 0 Å². The Labute approximate surface area is 309 Å². The van der Waals surface area contributed by atoms with Crippen LogP contribution in [-0.4, -0.2) is 9.97 Å². The molecule has 0 bridgehead atoms. The summed E-state index contributed by atoms with van der Waals surface area (Å²) in [6.45, 7) is 6.81. The predicted molar refractivity (Wildman–Crippen MR) is 223 cm³/mol. The lowest BCUT2D eigenvalue weighted by atomic mass is 9.70. The second-order valence-corrected chi connectivity index (χ2v) is 14.6. The quantitative estimate of drug-likeness (QED) is 0.163. The molecule has 254 valence electrons. The average molecular weight is 683 g/mol. The number of hydrogen-bond donors (Lipinski definition) is 0. The van der Waals surface area contributed by atoms with E-state index < -0.39 is 0 Å². The fraction of sp³-hybridized carbons (Fsp3) is 0.102. The highest BCUT2D eigenvalue weighted by Crippen LogP contribution is 2.51. The van der Waals surface area contributed by atoms with Crippen LogP contribution in [0.15, 0.2) is 176 Å². The molecule has 2 aliphatic rings. The molecule has 0 saturated heterocycles. The highest BCUT2D eigenvalue weighted by atomic mass is 15.2. The van der Waals surface area contributed by atoms with Gasteiger partial charge in [-0.25, -0.2) is 9.97 Å². The van der Waals surface area contributed by atoms with E-state index in [4.69, 9.17) is 9.97 Å². The molecule has 10 rings (SSSR count). The zero-order valence-corrected chi connectivity index (χ0v) is 30.0. The Kier molecular flexibility index (Phi) is 7.09. The molecule has 2 aromatic heterocycles. The number of rotatable bonds is 6. The molecule has 2 atom stereocenters. The number of allylic oxidation sites excluding steroid dienone is 7. The molecule has 2 heterocycles. The smallest absolute Gasteiger partial charge is 0.137 e. The van der Waals surface area contributed by atoms with Crippen LogP contribution in [0.2, 0.25) is 0 Å². The normalized spacial score (nSPS) is 17.9. The number of fused-ring (bicyclic) bond motifs is 2. The molecule has 2 unspecified atom stereocenters. The summed E-state index contributed by atoms with van der Waals surface area (Å²) in [5, 5.41) is 9.83. The molecule has 0 saturated carbocycles. The Morgan fingerprint density at radius 2 is 1.11 bits per heavy atom. The van der Waals surface area contributed by atoms with Crippen molar-refractivity contribution in [2.24, 2.45) is 11.3 Å². The lowest BCUT2D eigenvalue weighted by Crippen LogP contribution is -2.34. The van der Waals surface area contributed by atoms with Gasteiger partial charge in [-0.2, -0.15) is 0 Å². The number of aromatic nitrogens is 2. The summed E-state index contributed by atoms with van der Waals surface area (Å²) in [4.78, 5) is 14.7. The molecule has 8 aromatic rings. The van der Waals surface area contributed by atoms with Crippen molar-refractivity contribution in [3.05, 3.63) is 187 Å². The minimum absolute atomic E-state index is 0.132. The van der Waals surface area contributed by atoms with E-state index in [0.717, 1.165) is 28.7 Å². The molecule has 0 amide bonds. The van der Waals surface area contributed by atoms with E-state index in [9.17, 15) is 0 Å². The fourth-order valence-electron chi connectivity index (χ4n) is 8.81. The van der Waals surface area contributed by atoms with Gasteiger partial charge in [-0.05, 0) is 100 Å². The molecule has 53 heavy (non-hydrogen) atoms. The molecular weight excluding hydrogens is 645 g/mol. The number of aryl methyl sites for hydroxylation is 2. The summed E-state index contributed by atoms with van der Waals surface area (Å²) in [7, 11) is 0. The lowest BCUT2D eigenvalue weighted by molar-refractivity contribution is 0.428. The SMILES string of the molecule is Cc1cc(N(C2=CC=CC3(C)C=CC=CC23)c2ccccn2)c2ccc3c(C)cc(N(c4ccccn4)c4cccc5ccccc45)c4ccc1c2c34. The Morgan fingerprint density at radius 3 is 1.79 bits per heavy atom. The van der Waals surface area contributed by atoms with Gasteiger partial charge >= 0.3 is 0 Å². The summed E-state index contributed by atoms with van der Waals surface area (Å²) in [6, 6.07) is 41.5. The topological polar surface area (TPSA) is 32.3 Å². The molecule has 4 nitrogen and oxygen atoms in total. The van der Waals surface area contributed by atoms with Gasteiger partial charge in [-0.15, -0.1) is 0 Å². The van der Waals surface area contributed by atoms with E-state index in [0.29, 0.717) is 0 Å². The van der Waals surface area contributed by atoms with E-state index in [2.05, 4.69) is 176 Å². The van der Waals surface area contributed by atoms with Gasteiger partial charge < -0.3 is 0 Å². The second-order valence-electron chi connectivity index (χ2n) is 14.6. The zero-order chi connectivity index (χ0) is 35.7. The Morgan fingerprint density at radius 1 is 0.528 bits per heavy atom. The van der Waals surface area contributed by atoms with Crippen LogP contribution in [0.3, 0.4) is 0 Å². The van der Waals surface area contributed by atoms with Crippen molar-refractivity contribution in [2.45, 2.75) is 20.8 Å². The molecule has 0 aliphatic heterocycles. The molecule has 4 heteroatoms. The van der Waals surface area contributed by atoms with Crippen molar-refractivity contribution < 1.29 is 0 Å². The standard InChI is InChI=1S/C49H38N4/c1-32-30-43(52(45-20-7-10-28-50-45)41-18-12-15-34-14-4-5-16-37(34)41)38-24-22-36-33(2)31-44(39-25-23-35(32)47(38)48(36)39)53(46-21-8-11-29-51-46)42-19-13-27-49(3)26-9-6-17-40(42)49/h4-31,40H,1-3H3. The van der Waals surface area contributed by atoms with E-state index in [1.54, 1.807) is 0 Å². The Bertz CT molecular complexity index is 2830. The summed E-state index contributed by atoms with van der Waals surface area (Å²) >= 11 is 0. The molecule has 0 fully saturated rings. The number of anilines is 5. The maximum Gasteiger partial charge on any atom is 0.137 e. The van der Waals surface area contributed by atoms with Gasteiger partial charge in [-0.3, -0.25) is 9.80 Å². The van der Waals surface area contributed by atoms with Gasteiger partial charge in [0, 0.05) is 45.6 Å². The zero-order valence-electron chi connectivity index (χ0n) is 30.0. The fourth-order valence-corrected chi connectivity index (χ4v) is 8.81. The second kappa shape index (κ2) is 12.0. The molecular formula is C49H38N4. The van der Waals surface area contributed by atoms with Crippen molar-refractivity contribution in [3.8, 4) is 0 Å². The van der Waals surface area contributed by atoms with E-state index >= 15 is 0 Å². The third-order valence-electron chi connectivity index (χ3n) is 11.4. The van der Waals surface area contributed by atoms with Crippen molar-refractivity contribution in [3.63, 3.8) is 0 Å². The largest absolute Gasteiger partial charge is 0.298 e. The van der Waals surface area contributed by atoms with E-state index in [1.165, 1.54) is 59.9 Å². The van der Waals surface area contributed by atoms with E-state index in [-0.39, 0.29) is 11.3 Å². The molecule has 6 aromatic carbocycles. The van der Waals surface area contributed by atoms with Crippen LogP contribution in [0.5, 0.6) is 0 Å². The first kappa shape index (κ1) is 31.2. The van der Waals surface area contributed by atoms with Crippen molar-refractivity contribution in [1.82, 2.24) is 9.97 Å². The summed E-state index contributed by atoms with van der Waals surface area (Å²) in [6.07, 6.45) is 19.6. The van der Waals surface area contributed by atoms with Crippen LogP contribution in [0.25, 0.3) is 43.1 Å². The van der Waals surface area contributed by atoms with Gasteiger partial charge in [0.25, 0.3) is 0 Å². The van der Waals surface area contributed by atoms with Crippen LogP contribution >= 0.6 is 0 Å². The highest BCUT2D eigenvalue weighted by Gasteiger charge is 2.37. The number of pyridine rings is 2. The van der Waals surface area contributed by atoms with Crippen LogP contribution < -0.4 is 9.80 Å². The minimum Gasteiger partial charge on any atom is -0.298 e. The van der Waals surface area contributed by atoms with Crippen LogP contribution in [0, 0.1) is 25.2 Å². The lowest BCUT2D eigenvalue weighted by Gasteiger charge is -2.41. The van der Waals surface area contributed by atoms with Gasteiger partial charge in [0.05, 0.1) is 17.1 Å². The van der Waals surface area contributed by atoms with Crippen LogP contribution in [-0.2, 0) is 0 Å². The number of nitrogens with zero attached hydrogens (tertiary/aromatic N) is 4. The number of hydrogen-bond acceptors (Lipinski definition) is 4. The Hall–Kier alpha value is -6.52. The maximum absolute atomic E-state index is 4.98. The first-order chi connectivity index (χ1) is 26.0. The first-order valence-electron chi connectivity index (χ1n) is 18.4. The summed E-state index contributed by atoms with van der Waals surface area (Å²) < 4.78 is 0. The third kappa shape index (κ3) is 4.83. The summed E-state index contributed by atoms with van der Waals surface area (Å²) in [5.74, 6) is 1.94. The van der Waals surface area contributed by atoms with Crippen molar-refractivity contribution in [2.75, 3.05) is 9.80 Å². The van der Waals surface area contributed by atoms with Crippen molar-refractivity contribution >= 4 is 71.8 Å². The van der Waals surface area contributed by atoms with Gasteiger partial charge in [0.2, 0.25) is 0 Å².